The van der Waals surface area contributed by atoms with Gasteiger partial charge in [0, 0.05) is 33.3 Å². The summed E-state index contributed by atoms with van der Waals surface area (Å²) >= 11 is 9.36. The minimum Gasteiger partial charge on any atom is -0.318 e. The van der Waals surface area contributed by atoms with E-state index in [1.165, 1.54) is 6.20 Å². The van der Waals surface area contributed by atoms with Crippen LogP contribution in [0.3, 0.4) is 0 Å². The summed E-state index contributed by atoms with van der Waals surface area (Å²) in [6, 6.07) is 13.3. The molecule has 0 aliphatic rings. The Balaban J connectivity index is 1.79. The first-order valence-corrected chi connectivity index (χ1v) is 9.03. The van der Waals surface area contributed by atoms with E-state index in [0.717, 1.165) is 27.1 Å². The van der Waals surface area contributed by atoms with Gasteiger partial charge in [-0.05, 0) is 56.3 Å². The van der Waals surface area contributed by atoms with Gasteiger partial charge in [-0.3, -0.25) is 4.79 Å². The van der Waals surface area contributed by atoms with E-state index in [4.69, 9.17) is 11.6 Å². The highest BCUT2D eigenvalue weighted by atomic mass is 79.9. The summed E-state index contributed by atoms with van der Waals surface area (Å²) in [6.07, 6.45) is 3.15. The summed E-state index contributed by atoms with van der Waals surface area (Å²) in [5, 5.41) is 4.20. The molecule has 0 saturated carbocycles. The molecule has 5 nitrogen and oxygen atoms in total. The Labute approximate surface area is 164 Å². The minimum atomic E-state index is -0.402. The normalized spacial score (nSPS) is 11.1. The van der Waals surface area contributed by atoms with Gasteiger partial charge in [0.15, 0.2) is 0 Å². The summed E-state index contributed by atoms with van der Waals surface area (Å²) in [5.74, 6) is -0.402. The van der Waals surface area contributed by atoms with E-state index in [2.05, 4.69) is 36.0 Å². The van der Waals surface area contributed by atoms with Gasteiger partial charge in [-0.1, -0.05) is 27.5 Å². The molecule has 2 heterocycles. The van der Waals surface area contributed by atoms with Crippen molar-refractivity contribution in [3.63, 3.8) is 0 Å². The number of halogens is 2. The Hall–Kier alpha value is -2.44. The Morgan fingerprint density at radius 1 is 1.27 bits per heavy atom. The maximum atomic E-state index is 12.1. The van der Waals surface area contributed by atoms with Crippen molar-refractivity contribution in [1.82, 2.24) is 15.0 Å². The van der Waals surface area contributed by atoms with Gasteiger partial charge in [-0.15, -0.1) is 0 Å². The second-order valence-electron chi connectivity index (χ2n) is 5.68. The Bertz CT molecular complexity index is 980. The predicted octanol–water partition coefficient (Wildman–Crippen LogP) is 4.67. The van der Waals surface area contributed by atoms with Crippen LogP contribution in [0, 0.1) is 13.8 Å². The third-order valence-electron chi connectivity index (χ3n) is 3.93. The number of carbonyl (C=O) groups is 1. The number of hydrazone groups is 1. The van der Waals surface area contributed by atoms with Crippen molar-refractivity contribution >= 4 is 39.7 Å². The summed E-state index contributed by atoms with van der Waals surface area (Å²) in [7, 11) is 0. The van der Waals surface area contributed by atoms with Crippen LogP contribution in [0.4, 0.5) is 0 Å². The molecule has 2 aromatic heterocycles. The molecule has 1 N–H and O–H groups in total. The van der Waals surface area contributed by atoms with Crippen LogP contribution in [0.25, 0.3) is 5.69 Å². The van der Waals surface area contributed by atoms with E-state index in [0.29, 0.717) is 0 Å². The number of pyridine rings is 1. The average molecular weight is 432 g/mol. The molecular weight excluding hydrogens is 416 g/mol. The molecule has 0 aliphatic carbocycles. The molecule has 0 spiro atoms. The number of rotatable bonds is 4. The number of nitrogens with zero attached hydrogens (tertiary/aromatic N) is 3. The highest BCUT2D eigenvalue weighted by molar-refractivity contribution is 9.10. The van der Waals surface area contributed by atoms with Crippen LogP contribution < -0.4 is 5.43 Å². The molecule has 0 bridgehead atoms. The van der Waals surface area contributed by atoms with E-state index in [1.807, 2.05) is 44.2 Å². The van der Waals surface area contributed by atoms with E-state index < -0.39 is 5.91 Å². The van der Waals surface area contributed by atoms with E-state index in [9.17, 15) is 4.79 Å². The number of carbonyl (C=O) groups excluding carboxylic acids is 1. The summed E-state index contributed by atoms with van der Waals surface area (Å²) in [6.45, 7) is 4.04. The number of amides is 1. The first-order valence-electron chi connectivity index (χ1n) is 7.86. The zero-order valence-corrected chi connectivity index (χ0v) is 16.5. The van der Waals surface area contributed by atoms with Crippen LogP contribution in [-0.2, 0) is 0 Å². The Morgan fingerprint density at radius 3 is 2.69 bits per heavy atom. The maximum Gasteiger partial charge on any atom is 0.274 e. The van der Waals surface area contributed by atoms with Gasteiger partial charge >= 0.3 is 0 Å². The lowest BCUT2D eigenvalue weighted by atomic mass is 10.2. The SMILES string of the molecule is Cc1cc(C=NNC(=O)c2cccnc2Cl)c(C)n1-c1ccc(Br)cc1. The lowest BCUT2D eigenvalue weighted by molar-refractivity contribution is 0.0955. The number of hydrogen-bond donors (Lipinski definition) is 1. The summed E-state index contributed by atoms with van der Waals surface area (Å²) in [5.41, 5.74) is 6.86. The van der Waals surface area contributed by atoms with Crippen LogP contribution in [0.2, 0.25) is 5.15 Å². The van der Waals surface area contributed by atoms with Gasteiger partial charge in [0.05, 0.1) is 11.8 Å². The van der Waals surface area contributed by atoms with Crippen LogP contribution in [0.5, 0.6) is 0 Å². The third kappa shape index (κ3) is 3.86. The molecule has 0 radical (unpaired) electrons. The van der Waals surface area contributed by atoms with Crippen molar-refractivity contribution < 1.29 is 4.79 Å². The molecule has 26 heavy (non-hydrogen) atoms. The molecule has 132 valence electrons. The topological polar surface area (TPSA) is 59.3 Å². The zero-order valence-electron chi connectivity index (χ0n) is 14.2. The van der Waals surface area contributed by atoms with Gasteiger partial charge in [-0.2, -0.15) is 5.10 Å². The highest BCUT2D eigenvalue weighted by Crippen LogP contribution is 2.21. The van der Waals surface area contributed by atoms with Gasteiger partial charge in [0.2, 0.25) is 0 Å². The lowest BCUT2D eigenvalue weighted by Gasteiger charge is -2.09. The fraction of sp³-hybridized carbons (Fsp3) is 0.105. The summed E-state index contributed by atoms with van der Waals surface area (Å²) in [4.78, 5) is 16.0. The molecule has 0 aliphatic heterocycles. The largest absolute Gasteiger partial charge is 0.318 e. The smallest absolute Gasteiger partial charge is 0.274 e. The van der Waals surface area contributed by atoms with Crippen LogP contribution in [0.1, 0.15) is 27.3 Å². The van der Waals surface area contributed by atoms with E-state index >= 15 is 0 Å². The fourth-order valence-corrected chi connectivity index (χ4v) is 3.15. The van der Waals surface area contributed by atoms with Crippen LogP contribution in [0.15, 0.2) is 58.2 Å². The third-order valence-corrected chi connectivity index (χ3v) is 4.76. The Kier molecular flexibility index (Phi) is 5.54. The molecule has 3 aromatic rings. The van der Waals surface area contributed by atoms with E-state index in [1.54, 1.807) is 18.3 Å². The molecule has 7 heteroatoms. The summed E-state index contributed by atoms with van der Waals surface area (Å²) < 4.78 is 3.16. The minimum absolute atomic E-state index is 0.147. The molecule has 0 fully saturated rings. The van der Waals surface area contributed by atoms with Crippen molar-refractivity contribution in [2.45, 2.75) is 13.8 Å². The molecule has 0 atom stereocenters. The molecule has 3 rings (SSSR count). The quantitative estimate of drug-likeness (QED) is 0.371. The molecular formula is C19H16BrClN4O. The number of hydrogen-bond acceptors (Lipinski definition) is 3. The zero-order chi connectivity index (χ0) is 18.7. The van der Waals surface area contributed by atoms with E-state index in [-0.39, 0.29) is 10.7 Å². The van der Waals surface area contributed by atoms with Gasteiger partial charge < -0.3 is 4.57 Å². The van der Waals surface area contributed by atoms with Gasteiger partial charge in [0.25, 0.3) is 5.91 Å². The first-order chi connectivity index (χ1) is 12.5. The number of benzene rings is 1. The maximum absolute atomic E-state index is 12.1. The number of nitrogens with one attached hydrogen (secondary N) is 1. The Morgan fingerprint density at radius 2 is 2.00 bits per heavy atom. The molecule has 1 amide bonds. The van der Waals surface area contributed by atoms with Crippen molar-refractivity contribution in [1.29, 1.82) is 0 Å². The van der Waals surface area contributed by atoms with Crippen LogP contribution >= 0.6 is 27.5 Å². The predicted molar refractivity (Wildman–Crippen MR) is 107 cm³/mol. The van der Waals surface area contributed by atoms with Gasteiger partial charge in [0.1, 0.15) is 5.15 Å². The second-order valence-corrected chi connectivity index (χ2v) is 6.95. The van der Waals surface area contributed by atoms with Gasteiger partial charge in [-0.25, -0.2) is 10.4 Å². The van der Waals surface area contributed by atoms with Crippen molar-refractivity contribution in [2.75, 3.05) is 0 Å². The number of aryl methyl sites for hydroxylation is 1. The number of aromatic nitrogens is 2. The standard InChI is InChI=1S/C19H16BrClN4O/c1-12-10-14(13(2)25(12)16-7-5-15(20)6-8-16)11-23-24-19(26)17-4-3-9-22-18(17)21/h3-11H,1-2H3,(H,24,26). The van der Waals surface area contributed by atoms with Crippen molar-refractivity contribution in [3.05, 3.63) is 80.8 Å². The van der Waals surface area contributed by atoms with Crippen molar-refractivity contribution in [3.8, 4) is 5.69 Å². The molecule has 1 aromatic carbocycles. The average Bonchev–Trinajstić information content (AvgIpc) is 2.90. The first kappa shape index (κ1) is 18.4. The monoisotopic (exact) mass is 430 g/mol. The fourth-order valence-electron chi connectivity index (χ4n) is 2.68. The molecule has 0 unspecified atom stereocenters. The van der Waals surface area contributed by atoms with Crippen molar-refractivity contribution in [2.24, 2.45) is 5.10 Å². The van der Waals surface area contributed by atoms with Crippen LogP contribution in [-0.4, -0.2) is 21.7 Å². The highest BCUT2D eigenvalue weighted by Gasteiger charge is 2.11. The second kappa shape index (κ2) is 7.85. The molecule has 0 saturated heterocycles. The lowest BCUT2D eigenvalue weighted by Crippen LogP contribution is -2.18.